The van der Waals surface area contributed by atoms with Crippen LogP contribution in [0.5, 0.6) is 0 Å². The molecule has 0 spiro atoms. The van der Waals surface area contributed by atoms with Crippen molar-refractivity contribution >= 4 is 17.4 Å². The van der Waals surface area contributed by atoms with Crippen molar-refractivity contribution in [1.82, 2.24) is 24.9 Å². The fourth-order valence-corrected chi connectivity index (χ4v) is 2.33. The summed E-state index contributed by atoms with van der Waals surface area (Å²) >= 11 is 0. The van der Waals surface area contributed by atoms with Crippen molar-refractivity contribution in [2.24, 2.45) is 10.7 Å². The molecule has 3 N–H and O–H groups in total. The largest absolute Gasteiger partial charge is 0.404 e. The van der Waals surface area contributed by atoms with Gasteiger partial charge in [-0.25, -0.2) is 9.97 Å². The second kappa shape index (κ2) is 5.54. The highest BCUT2D eigenvalue weighted by molar-refractivity contribution is 6.08. The summed E-state index contributed by atoms with van der Waals surface area (Å²) in [6.45, 7) is 3.20. The van der Waals surface area contributed by atoms with Gasteiger partial charge in [0.15, 0.2) is 11.5 Å². The number of nitrogens with one attached hydrogen (secondary N) is 1. The van der Waals surface area contributed by atoms with E-state index in [4.69, 9.17) is 11.0 Å². The van der Waals surface area contributed by atoms with Crippen LogP contribution in [0, 0.1) is 18.3 Å². The molecule has 0 atom stereocenters. The number of aliphatic imine (C=N–C) groups is 1. The minimum absolute atomic E-state index is 0.366. The number of hydrogen-bond donors (Lipinski definition) is 2. The first kappa shape index (κ1) is 14.2. The van der Waals surface area contributed by atoms with Crippen LogP contribution >= 0.6 is 0 Å². The Morgan fingerprint density at radius 2 is 2.45 bits per heavy atom. The Balaban J connectivity index is 1.96. The normalized spacial score (nSPS) is 17.5. The van der Waals surface area contributed by atoms with E-state index >= 15 is 0 Å². The summed E-state index contributed by atoms with van der Waals surface area (Å²) in [6.07, 6.45) is 5.13. The lowest BCUT2D eigenvalue weighted by Gasteiger charge is -2.37. The predicted octanol–water partition coefficient (Wildman–Crippen LogP) is 0.0588. The molecule has 1 saturated heterocycles. The minimum atomic E-state index is -0.366. The van der Waals surface area contributed by atoms with Crippen LogP contribution in [-0.4, -0.2) is 44.4 Å². The van der Waals surface area contributed by atoms with Crippen LogP contribution in [0.15, 0.2) is 23.5 Å². The molecular weight excluding hydrogens is 280 g/mol. The zero-order chi connectivity index (χ0) is 15.6. The lowest BCUT2D eigenvalue weighted by molar-refractivity contribution is 0.291. The molecule has 0 amide bonds. The Bertz CT molecular complexity index is 791. The van der Waals surface area contributed by atoms with Crippen molar-refractivity contribution in [3.8, 4) is 6.07 Å². The van der Waals surface area contributed by atoms with Crippen LogP contribution < -0.4 is 11.1 Å². The van der Waals surface area contributed by atoms with Crippen LogP contribution in [0.3, 0.4) is 0 Å². The molecule has 22 heavy (non-hydrogen) atoms. The first-order chi connectivity index (χ1) is 10.7. The van der Waals surface area contributed by atoms with E-state index in [1.807, 2.05) is 6.92 Å². The van der Waals surface area contributed by atoms with E-state index in [9.17, 15) is 0 Å². The van der Waals surface area contributed by atoms with Gasteiger partial charge in [-0.05, 0) is 6.92 Å². The topological polar surface area (TPSA) is 117 Å². The van der Waals surface area contributed by atoms with Gasteiger partial charge in [-0.2, -0.15) is 9.78 Å². The Morgan fingerprint density at radius 3 is 3.09 bits per heavy atom. The summed E-state index contributed by atoms with van der Waals surface area (Å²) in [5.74, 6) is 1.23. The third kappa shape index (κ3) is 2.42. The monoisotopic (exact) mass is 296 g/mol. The maximum absolute atomic E-state index is 8.92. The molecule has 0 bridgehead atoms. The van der Waals surface area contributed by atoms with Gasteiger partial charge in [0.05, 0.1) is 23.6 Å². The number of nitriles is 1. The summed E-state index contributed by atoms with van der Waals surface area (Å²) < 4.78 is 1.63. The van der Waals surface area contributed by atoms with Crippen LogP contribution in [-0.2, 0) is 0 Å². The molecule has 8 nitrogen and oxygen atoms in total. The van der Waals surface area contributed by atoms with E-state index in [0.717, 1.165) is 0 Å². The van der Waals surface area contributed by atoms with Gasteiger partial charge >= 0.3 is 0 Å². The average Bonchev–Trinajstić information content (AvgIpc) is 2.85. The van der Waals surface area contributed by atoms with Crippen LogP contribution in [0.2, 0.25) is 0 Å². The highest BCUT2D eigenvalue weighted by atomic mass is 15.3. The summed E-state index contributed by atoms with van der Waals surface area (Å²) in [7, 11) is 0. The maximum atomic E-state index is 8.92. The molecule has 0 unspecified atom stereocenters. The number of fused-ring (bicyclic) bond motifs is 1. The molecule has 2 aromatic rings. The Morgan fingerprint density at radius 1 is 1.64 bits per heavy atom. The van der Waals surface area contributed by atoms with Crippen molar-refractivity contribution < 1.29 is 0 Å². The molecule has 0 aromatic carbocycles. The molecule has 3 heterocycles. The predicted molar refractivity (Wildman–Crippen MR) is 82.0 cm³/mol. The van der Waals surface area contributed by atoms with Gasteiger partial charge in [-0.3, -0.25) is 4.99 Å². The van der Waals surface area contributed by atoms with Gasteiger partial charge in [0.25, 0.3) is 0 Å². The highest BCUT2D eigenvalue weighted by Crippen LogP contribution is 2.21. The van der Waals surface area contributed by atoms with Gasteiger partial charge < -0.3 is 11.1 Å². The van der Waals surface area contributed by atoms with E-state index in [0.29, 0.717) is 42.4 Å². The van der Waals surface area contributed by atoms with Crippen molar-refractivity contribution in [3.05, 3.63) is 30.1 Å². The number of nitrogens with two attached hydrogens (primary N) is 1. The number of nitrogens with zero attached hydrogens (tertiary/aromatic N) is 6. The van der Waals surface area contributed by atoms with E-state index in [1.54, 1.807) is 23.0 Å². The highest BCUT2D eigenvalue weighted by Gasteiger charge is 2.35. The average molecular weight is 296 g/mol. The molecule has 2 aromatic heterocycles. The van der Waals surface area contributed by atoms with E-state index in [2.05, 4.69) is 31.4 Å². The third-order valence-corrected chi connectivity index (χ3v) is 3.59. The second-order valence-corrected chi connectivity index (χ2v) is 5.24. The molecule has 112 valence electrons. The van der Waals surface area contributed by atoms with Gasteiger partial charge in [0, 0.05) is 37.8 Å². The zero-order valence-corrected chi connectivity index (χ0v) is 12.2. The first-order valence-electron chi connectivity index (χ1n) is 6.91. The maximum Gasteiger partial charge on any atom is 0.166 e. The Labute approximate surface area is 127 Å². The van der Waals surface area contributed by atoms with Crippen molar-refractivity contribution in [2.75, 3.05) is 13.1 Å². The minimum Gasteiger partial charge on any atom is -0.404 e. The standard InChI is InChI=1S/C14H16N8/c1-10-20-12-2-5-18-13(22(12)21-10)11(6-16)7-19-14(3-4-15)8-17-9-14/h2,5-7,17H,3,8-9,16H2,1H3. The second-order valence-electron chi connectivity index (χ2n) is 5.24. The lowest BCUT2D eigenvalue weighted by atomic mass is 9.90. The third-order valence-electron chi connectivity index (χ3n) is 3.59. The number of hydrogen-bond acceptors (Lipinski definition) is 7. The summed E-state index contributed by atoms with van der Waals surface area (Å²) in [5, 5.41) is 16.4. The van der Waals surface area contributed by atoms with Gasteiger partial charge in [0.2, 0.25) is 0 Å². The fourth-order valence-electron chi connectivity index (χ4n) is 2.33. The molecular formula is C14H16N8. The molecule has 1 fully saturated rings. The molecule has 3 rings (SSSR count). The molecule has 8 heteroatoms. The van der Waals surface area contributed by atoms with Gasteiger partial charge in [-0.15, -0.1) is 5.10 Å². The Hall–Kier alpha value is -2.79. The lowest BCUT2D eigenvalue weighted by Crippen LogP contribution is -2.58. The van der Waals surface area contributed by atoms with E-state index in [-0.39, 0.29) is 5.54 Å². The molecule has 0 aliphatic carbocycles. The number of rotatable bonds is 4. The molecule has 0 saturated carbocycles. The number of allylic oxidation sites excluding steroid dienone is 1. The summed E-state index contributed by atoms with van der Waals surface area (Å²) in [6, 6.07) is 3.96. The Kier molecular flexibility index (Phi) is 3.56. The summed E-state index contributed by atoms with van der Waals surface area (Å²) in [5.41, 5.74) is 6.70. The van der Waals surface area contributed by atoms with Gasteiger partial charge in [-0.1, -0.05) is 0 Å². The number of aryl methyl sites for hydroxylation is 1. The molecule has 0 radical (unpaired) electrons. The van der Waals surface area contributed by atoms with E-state index < -0.39 is 0 Å². The molecule has 1 aliphatic heterocycles. The molecule has 1 aliphatic rings. The summed E-state index contributed by atoms with van der Waals surface area (Å²) in [4.78, 5) is 13.2. The van der Waals surface area contributed by atoms with Crippen LogP contribution in [0.4, 0.5) is 0 Å². The smallest absolute Gasteiger partial charge is 0.166 e. The van der Waals surface area contributed by atoms with Crippen LogP contribution in [0.1, 0.15) is 18.1 Å². The van der Waals surface area contributed by atoms with E-state index in [1.165, 1.54) is 6.20 Å². The van der Waals surface area contributed by atoms with Crippen molar-refractivity contribution in [3.63, 3.8) is 0 Å². The zero-order valence-electron chi connectivity index (χ0n) is 12.2. The van der Waals surface area contributed by atoms with Crippen molar-refractivity contribution in [1.29, 1.82) is 5.26 Å². The van der Waals surface area contributed by atoms with Crippen molar-refractivity contribution in [2.45, 2.75) is 18.9 Å². The fraction of sp³-hybridized carbons (Fsp3) is 0.357. The van der Waals surface area contributed by atoms with Crippen LogP contribution in [0.25, 0.3) is 11.2 Å². The van der Waals surface area contributed by atoms with Gasteiger partial charge in [0.1, 0.15) is 5.82 Å². The SMILES string of the molecule is Cc1nc2ccnc(C(C=NC3(CC#N)CNC3)=CN)n2n1. The number of aromatic nitrogens is 4. The first-order valence-corrected chi connectivity index (χ1v) is 6.91. The quantitative estimate of drug-likeness (QED) is 0.770.